The van der Waals surface area contributed by atoms with E-state index in [0.29, 0.717) is 0 Å². The van der Waals surface area contributed by atoms with Crippen molar-refractivity contribution in [1.29, 1.82) is 0 Å². The van der Waals surface area contributed by atoms with Crippen molar-refractivity contribution in [3.05, 3.63) is 77.1 Å². The van der Waals surface area contributed by atoms with E-state index in [1.807, 2.05) is 63.2 Å². The summed E-state index contributed by atoms with van der Waals surface area (Å²) in [4.78, 5) is 4.11. The zero-order valence-corrected chi connectivity index (χ0v) is 14.8. The lowest BCUT2D eigenvalue weighted by Gasteiger charge is -2.10. The highest BCUT2D eigenvalue weighted by atomic mass is 32.2. The van der Waals surface area contributed by atoms with Gasteiger partial charge in [-0.3, -0.25) is 4.57 Å². The fourth-order valence-electron chi connectivity index (χ4n) is 2.93. The molecule has 0 unspecified atom stereocenters. The highest BCUT2D eigenvalue weighted by Crippen LogP contribution is 2.21. The van der Waals surface area contributed by atoms with E-state index in [4.69, 9.17) is 0 Å². The van der Waals surface area contributed by atoms with Crippen LogP contribution in [0.1, 0.15) is 22.3 Å². The lowest BCUT2D eigenvalue weighted by Crippen LogP contribution is -2.12. The van der Waals surface area contributed by atoms with Crippen LogP contribution in [0.2, 0.25) is 0 Å². The minimum absolute atomic E-state index is 0.0572. The van der Waals surface area contributed by atoms with Gasteiger partial charge in [0.05, 0.1) is 5.75 Å². The molecule has 3 aromatic rings. The molecule has 0 atom stereocenters. The lowest BCUT2D eigenvalue weighted by atomic mass is 10.1. The lowest BCUT2D eigenvalue weighted by molar-refractivity contribution is 0.583. The Morgan fingerprint density at radius 1 is 0.958 bits per heavy atom. The summed E-state index contributed by atoms with van der Waals surface area (Å²) in [6.07, 6.45) is 3.21. The van der Waals surface area contributed by atoms with Gasteiger partial charge in [0.25, 0.3) is 0 Å². The molecule has 0 aliphatic carbocycles. The average molecular weight is 340 g/mol. The van der Waals surface area contributed by atoms with Crippen molar-refractivity contribution in [2.75, 3.05) is 0 Å². The van der Waals surface area contributed by atoms with Gasteiger partial charge < -0.3 is 0 Å². The van der Waals surface area contributed by atoms with E-state index < -0.39 is 9.84 Å². The number of nitrogens with zero attached hydrogens (tertiary/aromatic N) is 2. The van der Waals surface area contributed by atoms with Crippen molar-refractivity contribution in [3.63, 3.8) is 0 Å². The van der Waals surface area contributed by atoms with Crippen LogP contribution in [-0.2, 0) is 15.6 Å². The Kier molecular flexibility index (Phi) is 4.28. The van der Waals surface area contributed by atoms with Gasteiger partial charge in [-0.25, -0.2) is 13.4 Å². The molecule has 0 aliphatic rings. The summed E-state index contributed by atoms with van der Waals surface area (Å²) in [5.41, 5.74) is 4.76. The Hall–Kier alpha value is -2.40. The van der Waals surface area contributed by atoms with Gasteiger partial charge in [0, 0.05) is 18.1 Å². The number of aryl methyl sites for hydroxylation is 3. The monoisotopic (exact) mass is 340 g/mol. The van der Waals surface area contributed by atoms with Crippen molar-refractivity contribution in [1.82, 2.24) is 9.55 Å². The first-order valence-electron chi connectivity index (χ1n) is 7.75. The third-order valence-electron chi connectivity index (χ3n) is 3.80. The third kappa shape index (κ3) is 3.41. The van der Waals surface area contributed by atoms with Gasteiger partial charge in [-0.1, -0.05) is 41.5 Å². The van der Waals surface area contributed by atoms with Crippen molar-refractivity contribution in [2.24, 2.45) is 0 Å². The van der Waals surface area contributed by atoms with E-state index in [-0.39, 0.29) is 10.9 Å². The first-order valence-corrected chi connectivity index (χ1v) is 9.41. The Balaban J connectivity index is 2.01. The van der Waals surface area contributed by atoms with Crippen molar-refractivity contribution < 1.29 is 8.42 Å². The summed E-state index contributed by atoms with van der Waals surface area (Å²) in [5, 5.41) is 0.0762. The largest absolute Gasteiger partial charge is 0.291 e. The fourth-order valence-corrected chi connectivity index (χ4v) is 4.35. The van der Waals surface area contributed by atoms with Crippen molar-refractivity contribution in [3.8, 4) is 5.69 Å². The molecule has 0 N–H and O–H groups in total. The van der Waals surface area contributed by atoms with E-state index in [2.05, 4.69) is 4.98 Å². The van der Waals surface area contributed by atoms with Crippen LogP contribution >= 0.6 is 0 Å². The average Bonchev–Trinajstić information content (AvgIpc) is 2.95. The van der Waals surface area contributed by atoms with Crippen LogP contribution in [0.4, 0.5) is 0 Å². The fraction of sp³-hybridized carbons (Fsp3) is 0.211. The van der Waals surface area contributed by atoms with Crippen LogP contribution in [0.5, 0.6) is 0 Å². The van der Waals surface area contributed by atoms with E-state index in [1.165, 1.54) is 6.20 Å². The number of hydrogen-bond donors (Lipinski definition) is 0. The van der Waals surface area contributed by atoms with Crippen LogP contribution in [0.15, 0.2) is 60.0 Å². The number of benzene rings is 2. The molecule has 0 aliphatic heterocycles. The first kappa shape index (κ1) is 16.5. The molecule has 0 saturated carbocycles. The van der Waals surface area contributed by atoms with Crippen LogP contribution in [0, 0.1) is 20.8 Å². The molecule has 2 aromatic carbocycles. The molecule has 124 valence electrons. The standard InChI is InChI=1S/C19H20N2O2S/c1-14-5-4-6-18(12-14)21-8-7-20-19(21)24(22,23)13-17-10-15(2)9-16(3)11-17/h4-12H,13H2,1-3H3. The topological polar surface area (TPSA) is 52.0 Å². The predicted octanol–water partition coefficient (Wildman–Crippen LogP) is 3.77. The molecular formula is C19H20N2O2S. The Morgan fingerprint density at radius 2 is 1.67 bits per heavy atom. The highest BCUT2D eigenvalue weighted by molar-refractivity contribution is 7.90. The molecular weight excluding hydrogens is 320 g/mol. The summed E-state index contributed by atoms with van der Waals surface area (Å²) in [7, 11) is -3.54. The van der Waals surface area contributed by atoms with Crippen molar-refractivity contribution >= 4 is 9.84 Å². The Morgan fingerprint density at radius 3 is 2.33 bits per heavy atom. The minimum Gasteiger partial charge on any atom is -0.291 e. The molecule has 0 spiro atoms. The van der Waals surface area contributed by atoms with Gasteiger partial charge in [-0.15, -0.1) is 0 Å². The van der Waals surface area contributed by atoms with Crippen LogP contribution in [-0.4, -0.2) is 18.0 Å². The molecule has 5 heteroatoms. The summed E-state index contributed by atoms with van der Waals surface area (Å²) in [6, 6.07) is 13.6. The molecule has 0 fully saturated rings. The van der Waals surface area contributed by atoms with E-state index in [9.17, 15) is 8.42 Å². The smallest absolute Gasteiger partial charge is 0.232 e. The Bertz CT molecular complexity index is 968. The molecule has 24 heavy (non-hydrogen) atoms. The van der Waals surface area contributed by atoms with Gasteiger partial charge in [-0.05, 0) is 44.0 Å². The molecule has 3 rings (SSSR count). The van der Waals surface area contributed by atoms with Gasteiger partial charge in [0.1, 0.15) is 0 Å². The normalized spacial score (nSPS) is 11.6. The Labute approximate surface area is 142 Å². The molecule has 0 amide bonds. The maximum absolute atomic E-state index is 12.9. The molecule has 0 radical (unpaired) electrons. The summed E-state index contributed by atoms with van der Waals surface area (Å²) in [6.45, 7) is 5.91. The van der Waals surface area contributed by atoms with Crippen molar-refractivity contribution in [2.45, 2.75) is 31.7 Å². The molecule has 1 heterocycles. The first-order chi connectivity index (χ1) is 11.3. The maximum atomic E-state index is 12.9. The van der Waals surface area contributed by atoms with E-state index in [0.717, 1.165) is 27.9 Å². The zero-order chi connectivity index (χ0) is 17.3. The van der Waals surface area contributed by atoms with E-state index in [1.54, 1.807) is 10.8 Å². The van der Waals surface area contributed by atoms with Crippen LogP contribution in [0.3, 0.4) is 0 Å². The predicted molar refractivity (Wildman–Crippen MR) is 95.1 cm³/mol. The number of rotatable bonds is 4. The van der Waals surface area contributed by atoms with Gasteiger partial charge in [-0.2, -0.15) is 0 Å². The van der Waals surface area contributed by atoms with Gasteiger partial charge >= 0.3 is 0 Å². The third-order valence-corrected chi connectivity index (χ3v) is 5.37. The SMILES string of the molecule is Cc1cc(C)cc(CS(=O)(=O)c2nccn2-c2cccc(C)c2)c1. The quantitative estimate of drug-likeness (QED) is 0.726. The number of imidazole rings is 1. The van der Waals surface area contributed by atoms with Gasteiger partial charge in [0.15, 0.2) is 0 Å². The second kappa shape index (κ2) is 6.24. The van der Waals surface area contributed by atoms with E-state index >= 15 is 0 Å². The second-order valence-corrected chi connectivity index (χ2v) is 8.06. The summed E-state index contributed by atoms with van der Waals surface area (Å²) < 4.78 is 27.4. The second-order valence-electron chi connectivity index (χ2n) is 6.17. The van der Waals surface area contributed by atoms with Crippen LogP contribution in [0.25, 0.3) is 5.69 Å². The van der Waals surface area contributed by atoms with Crippen LogP contribution < -0.4 is 0 Å². The molecule has 0 saturated heterocycles. The molecule has 4 nitrogen and oxygen atoms in total. The maximum Gasteiger partial charge on any atom is 0.232 e. The number of hydrogen-bond acceptors (Lipinski definition) is 3. The minimum atomic E-state index is -3.54. The molecule has 0 bridgehead atoms. The summed E-state index contributed by atoms with van der Waals surface area (Å²) >= 11 is 0. The zero-order valence-electron chi connectivity index (χ0n) is 14.0. The van der Waals surface area contributed by atoms with Gasteiger partial charge in [0.2, 0.25) is 15.0 Å². The highest BCUT2D eigenvalue weighted by Gasteiger charge is 2.22. The summed E-state index contributed by atoms with van der Waals surface area (Å²) in [5.74, 6) is -0.0572. The molecule has 1 aromatic heterocycles. The number of sulfone groups is 1. The number of aromatic nitrogens is 2.